The van der Waals surface area contributed by atoms with Crippen molar-refractivity contribution in [3.05, 3.63) is 53.6 Å². The highest BCUT2D eigenvalue weighted by atomic mass is 16.7. The Kier molecular flexibility index (Phi) is 5.71. The lowest BCUT2D eigenvalue weighted by Gasteiger charge is -2.43. The number of fused-ring (bicyclic) bond motifs is 1. The molecule has 31 heavy (non-hydrogen) atoms. The summed E-state index contributed by atoms with van der Waals surface area (Å²) in [6.07, 6.45) is 1.24. The molecule has 0 atom stereocenters. The van der Waals surface area contributed by atoms with E-state index in [1.807, 2.05) is 36.4 Å². The summed E-state index contributed by atoms with van der Waals surface area (Å²) in [7, 11) is 3.49. The van der Waals surface area contributed by atoms with E-state index in [0.717, 1.165) is 22.4 Å². The molecule has 0 bridgehead atoms. The molecular formula is C25H26N2O4. The SMILES string of the molecule is CC#CC(=O)N1CCC2(CC1)OCc1cc(-c3ccc(C(=O)N(C)C)cc3)ccc1O2. The summed E-state index contributed by atoms with van der Waals surface area (Å²) < 4.78 is 12.4. The van der Waals surface area contributed by atoms with Crippen LogP contribution >= 0.6 is 0 Å². The molecule has 0 unspecified atom stereocenters. The van der Waals surface area contributed by atoms with Crippen LogP contribution in [0.25, 0.3) is 11.1 Å². The van der Waals surface area contributed by atoms with Gasteiger partial charge in [-0.3, -0.25) is 9.59 Å². The van der Waals surface area contributed by atoms with Crippen LogP contribution in [0.5, 0.6) is 5.75 Å². The lowest BCUT2D eigenvalue weighted by molar-refractivity contribution is -0.227. The second kappa shape index (κ2) is 8.44. The summed E-state index contributed by atoms with van der Waals surface area (Å²) in [5.41, 5.74) is 3.73. The van der Waals surface area contributed by atoms with Gasteiger partial charge in [-0.2, -0.15) is 0 Å². The van der Waals surface area contributed by atoms with Crippen molar-refractivity contribution >= 4 is 11.8 Å². The number of likely N-dealkylation sites (tertiary alicyclic amines) is 1. The van der Waals surface area contributed by atoms with Crippen LogP contribution in [0.4, 0.5) is 0 Å². The summed E-state index contributed by atoms with van der Waals surface area (Å²) in [5, 5.41) is 0. The molecule has 2 aromatic rings. The maximum Gasteiger partial charge on any atom is 0.298 e. The van der Waals surface area contributed by atoms with Crippen molar-refractivity contribution in [3.8, 4) is 28.7 Å². The number of rotatable bonds is 2. The van der Waals surface area contributed by atoms with Crippen LogP contribution in [-0.2, 0) is 16.1 Å². The fourth-order valence-corrected chi connectivity index (χ4v) is 3.96. The van der Waals surface area contributed by atoms with E-state index in [2.05, 4.69) is 17.9 Å². The van der Waals surface area contributed by atoms with Gasteiger partial charge in [0.1, 0.15) is 5.75 Å². The fraction of sp³-hybridized carbons (Fsp3) is 0.360. The number of amides is 2. The summed E-state index contributed by atoms with van der Waals surface area (Å²) in [6.45, 7) is 3.26. The molecule has 0 aromatic heterocycles. The molecule has 4 rings (SSSR count). The first kappa shape index (κ1) is 21.0. The van der Waals surface area contributed by atoms with Crippen molar-refractivity contribution in [2.24, 2.45) is 0 Å². The molecule has 0 aliphatic carbocycles. The second-order valence-electron chi connectivity index (χ2n) is 8.07. The van der Waals surface area contributed by atoms with Gasteiger partial charge in [0.2, 0.25) is 5.79 Å². The van der Waals surface area contributed by atoms with Gasteiger partial charge in [0.15, 0.2) is 0 Å². The van der Waals surface area contributed by atoms with Crippen molar-refractivity contribution in [3.63, 3.8) is 0 Å². The fourth-order valence-electron chi connectivity index (χ4n) is 3.96. The van der Waals surface area contributed by atoms with Gasteiger partial charge in [0.25, 0.3) is 11.8 Å². The van der Waals surface area contributed by atoms with Gasteiger partial charge in [-0.1, -0.05) is 24.1 Å². The van der Waals surface area contributed by atoms with E-state index >= 15 is 0 Å². The molecule has 2 amide bonds. The third-order valence-corrected chi connectivity index (χ3v) is 5.76. The Bertz CT molecular complexity index is 1060. The number of nitrogens with zero attached hydrogens (tertiary/aromatic N) is 2. The average Bonchev–Trinajstić information content (AvgIpc) is 2.79. The monoisotopic (exact) mass is 418 g/mol. The van der Waals surface area contributed by atoms with Gasteiger partial charge in [-0.15, -0.1) is 0 Å². The molecule has 0 saturated carbocycles. The summed E-state index contributed by atoms with van der Waals surface area (Å²) in [6, 6.07) is 13.7. The van der Waals surface area contributed by atoms with Gasteiger partial charge in [-0.05, 0) is 48.2 Å². The molecule has 0 N–H and O–H groups in total. The highest BCUT2D eigenvalue weighted by molar-refractivity contribution is 5.94. The van der Waals surface area contributed by atoms with E-state index in [1.54, 1.807) is 30.8 Å². The second-order valence-corrected chi connectivity index (χ2v) is 8.07. The third-order valence-electron chi connectivity index (χ3n) is 5.76. The van der Waals surface area contributed by atoms with Crippen LogP contribution in [0.2, 0.25) is 0 Å². The largest absolute Gasteiger partial charge is 0.462 e. The molecule has 2 aliphatic rings. The highest BCUT2D eigenvalue weighted by Crippen LogP contribution is 2.39. The summed E-state index contributed by atoms with van der Waals surface area (Å²) in [4.78, 5) is 27.4. The van der Waals surface area contributed by atoms with Crippen LogP contribution in [0.3, 0.4) is 0 Å². The van der Waals surface area contributed by atoms with Gasteiger partial charge in [-0.25, -0.2) is 0 Å². The maximum absolute atomic E-state index is 12.1. The van der Waals surface area contributed by atoms with Crippen LogP contribution in [-0.4, -0.2) is 54.6 Å². The molecule has 160 valence electrons. The Morgan fingerprint density at radius 2 is 1.71 bits per heavy atom. The smallest absolute Gasteiger partial charge is 0.298 e. The number of ether oxygens (including phenoxy) is 2. The highest BCUT2D eigenvalue weighted by Gasteiger charge is 2.41. The van der Waals surface area contributed by atoms with E-state index in [9.17, 15) is 9.59 Å². The van der Waals surface area contributed by atoms with Crippen LogP contribution in [0, 0.1) is 11.8 Å². The van der Waals surface area contributed by atoms with Gasteiger partial charge in [0, 0.05) is 51.2 Å². The first-order valence-corrected chi connectivity index (χ1v) is 10.4. The minimum absolute atomic E-state index is 0.0152. The Morgan fingerprint density at radius 1 is 1.03 bits per heavy atom. The van der Waals surface area contributed by atoms with E-state index in [1.165, 1.54) is 0 Å². The van der Waals surface area contributed by atoms with Crippen molar-refractivity contribution in [1.82, 2.24) is 9.80 Å². The predicted octanol–water partition coefficient (Wildman–Crippen LogP) is 3.31. The quantitative estimate of drug-likeness (QED) is 0.702. The predicted molar refractivity (Wildman–Crippen MR) is 117 cm³/mol. The molecule has 2 aliphatic heterocycles. The van der Waals surface area contributed by atoms with Crippen LogP contribution < -0.4 is 4.74 Å². The summed E-state index contributed by atoms with van der Waals surface area (Å²) in [5.74, 6) is 5.23. The molecule has 1 spiro atoms. The van der Waals surface area contributed by atoms with E-state index in [4.69, 9.17) is 9.47 Å². The lowest BCUT2D eigenvalue weighted by atomic mass is 9.98. The van der Waals surface area contributed by atoms with Gasteiger partial charge >= 0.3 is 0 Å². The zero-order valence-corrected chi connectivity index (χ0v) is 18.1. The van der Waals surface area contributed by atoms with Crippen molar-refractivity contribution in [2.75, 3.05) is 27.2 Å². The number of hydrogen-bond donors (Lipinski definition) is 0. The molecule has 1 saturated heterocycles. The summed E-state index contributed by atoms with van der Waals surface area (Å²) >= 11 is 0. The number of carbonyl (C=O) groups is 2. The van der Waals surface area contributed by atoms with Crippen molar-refractivity contribution in [2.45, 2.75) is 32.2 Å². The first-order chi connectivity index (χ1) is 14.9. The number of piperidine rings is 1. The van der Waals surface area contributed by atoms with E-state index < -0.39 is 5.79 Å². The normalized spacial score (nSPS) is 16.5. The Morgan fingerprint density at radius 3 is 2.35 bits per heavy atom. The zero-order chi connectivity index (χ0) is 22.0. The Hall–Kier alpha value is -3.30. The third kappa shape index (κ3) is 4.28. The molecule has 2 aromatic carbocycles. The molecular weight excluding hydrogens is 392 g/mol. The van der Waals surface area contributed by atoms with Crippen molar-refractivity contribution in [1.29, 1.82) is 0 Å². The molecule has 6 heteroatoms. The minimum Gasteiger partial charge on any atom is -0.462 e. The maximum atomic E-state index is 12.1. The van der Waals surface area contributed by atoms with E-state index in [0.29, 0.717) is 38.1 Å². The topological polar surface area (TPSA) is 59.1 Å². The molecule has 1 fully saturated rings. The number of carbonyl (C=O) groups excluding carboxylic acids is 2. The first-order valence-electron chi connectivity index (χ1n) is 10.4. The number of benzene rings is 2. The van der Waals surface area contributed by atoms with E-state index in [-0.39, 0.29) is 11.8 Å². The van der Waals surface area contributed by atoms with Crippen LogP contribution in [0.1, 0.15) is 35.7 Å². The van der Waals surface area contributed by atoms with Gasteiger partial charge in [0.05, 0.1) is 6.61 Å². The molecule has 2 heterocycles. The standard InChI is InChI=1S/C25H26N2O4/c1-4-5-23(28)27-14-12-25(13-15-27)30-17-21-16-20(10-11-22(21)31-25)18-6-8-19(9-7-18)24(29)26(2)3/h6-11,16H,12-15,17H2,1-3H3. The van der Waals surface area contributed by atoms with Crippen molar-refractivity contribution < 1.29 is 19.1 Å². The molecule has 6 nitrogen and oxygen atoms in total. The average molecular weight is 418 g/mol. The Labute approximate surface area is 182 Å². The minimum atomic E-state index is -0.681. The lowest BCUT2D eigenvalue weighted by Crippen LogP contribution is -2.52. The van der Waals surface area contributed by atoms with Crippen LogP contribution in [0.15, 0.2) is 42.5 Å². The Balaban J connectivity index is 1.46. The van der Waals surface area contributed by atoms with Gasteiger partial charge < -0.3 is 19.3 Å². The number of hydrogen-bond acceptors (Lipinski definition) is 4. The molecule has 0 radical (unpaired) electrons. The zero-order valence-electron chi connectivity index (χ0n) is 18.1.